The van der Waals surface area contributed by atoms with E-state index in [1.54, 1.807) is 0 Å². The topological polar surface area (TPSA) is 22.8 Å². The SMILES string of the molecule is c1ccc(-c2cc(-c3ccc4sc5ccccc5c4c3)nc(-n3c4ccccc4c4cc5c(cc43)c3ccccc3n5-c3ccccc3)c2)cc1. The lowest BCUT2D eigenvalue weighted by Crippen LogP contribution is -2.00. The first kappa shape index (κ1) is 28.4. The molecular weight excluding hydrogens is 639 g/mol. The molecule has 0 saturated heterocycles. The molecule has 7 aromatic carbocycles. The Morgan fingerprint density at radius 2 is 0.941 bits per heavy atom. The molecule has 0 saturated carbocycles. The van der Waals surface area contributed by atoms with Crippen LogP contribution in [0.2, 0.25) is 0 Å². The van der Waals surface area contributed by atoms with E-state index in [2.05, 4.69) is 185 Å². The molecule has 238 valence electrons. The van der Waals surface area contributed by atoms with Crippen molar-refractivity contribution in [1.82, 2.24) is 14.1 Å². The van der Waals surface area contributed by atoms with E-state index in [1.807, 2.05) is 11.3 Å². The van der Waals surface area contributed by atoms with Crippen molar-refractivity contribution in [2.45, 2.75) is 0 Å². The lowest BCUT2D eigenvalue weighted by molar-refractivity contribution is 1.09. The molecule has 0 N–H and O–H groups in total. The molecular formula is C47H29N3S. The van der Waals surface area contributed by atoms with Crippen LogP contribution in [0, 0.1) is 0 Å². The highest BCUT2D eigenvalue weighted by Gasteiger charge is 2.20. The van der Waals surface area contributed by atoms with Gasteiger partial charge in [-0.1, -0.05) is 109 Å². The zero-order chi connectivity index (χ0) is 33.5. The number of nitrogens with zero attached hydrogens (tertiary/aromatic N) is 3. The zero-order valence-corrected chi connectivity index (χ0v) is 28.3. The first-order valence-corrected chi connectivity index (χ1v) is 18.1. The van der Waals surface area contributed by atoms with Gasteiger partial charge in [-0.25, -0.2) is 4.98 Å². The van der Waals surface area contributed by atoms with E-state index in [1.165, 1.54) is 58.3 Å². The lowest BCUT2D eigenvalue weighted by atomic mass is 10.0. The molecule has 0 spiro atoms. The summed E-state index contributed by atoms with van der Waals surface area (Å²) in [5.41, 5.74) is 10.2. The zero-order valence-electron chi connectivity index (χ0n) is 27.5. The number of pyridine rings is 1. The molecule has 4 aromatic heterocycles. The summed E-state index contributed by atoms with van der Waals surface area (Å²) in [5, 5.41) is 7.44. The molecule has 0 bridgehead atoms. The first-order chi connectivity index (χ1) is 25.3. The molecule has 0 aliphatic heterocycles. The Morgan fingerprint density at radius 3 is 1.69 bits per heavy atom. The molecule has 0 aliphatic rings. The molecule has 11 aromatic rings. The predicted octanol–water partition coefficient (Wildman–Crippen LogP) is 13.0. The number of para-hydroxylation sites is 3. The van der Waals surface area contributed by atoms with E-state index < -0.39 is 0 Å². The summed E-state index contributed by atoms with van der Waals surface area (Å²) in [6.07, 6.45) is 0. The summed E-state index contributed by atoms with van der Waals surface area (Å²) in [5.74, 6) is 0.902. The minimum atomic E-state index is 0.902. The Morgan fingerprint density at radius 1 is 0.353 bits per heavy atom. The number of thiophene rings is 1. The fourth-order valence-corrected chi connectivity index (χ4v) is 9.08. The van der Waals surface area contributed by atoms with E-state index in [0.29, 0.717) is 0 Å². The third kappa shape index (κ3) is 4.33. The van der Waals surface area contributed by atoms with Gasteiger partial charge in [-0.15, -0.1) is 11.3 Å². The number of benzene rings is 7. The highest BCUT2D eigenvalue weighted by atomic mass is 32.1. The second-order valence-electron chi connectivity index (χ2n) is 13.2. The Labute approximate surface area is 297 Å². The van der Waals surface area contributed by atoms with Crippen molar-refractivity contribution in [3.05, 3.63) is 176 Å². The maximum Gasteiger partial charge on any atom is 0.138 e. The number of rotatable bonds is 4. The molecule has 0 atom stereocenters. The van der Waals surface area contributed by atoms with Crippen molar-refractivity contribution in [3.8, 4) is 33.9 Å². The maximum atomic E-state index is 5.50. The number of hydrogen-bond acceptors (Lipinski definition) is 2. The highest BCUT2D eigenvalue weighted by molar-refractivity contribution is 7.25. The smallest absolute Gasteiger partial charge is 0.138 e. The van der Waals surface area contributed by atoms with Gasteiger partial charge in [0.1, 0.15) is 5.82 Å². The lowest BCUT2D eigenvalue weighted by Gasteiger charge is -2.13. The van der Waals surface area contributed by atoms with Gasteiger partial charge in [-0.05, 0) is 77.9 Å². The standard InChI is InChI=1S/C47H29N3S/c1-3-13-30(14-4-1)32-26-40(31-23-24-46-39(25-31)36-19-9-12-22-45(36)51-46)48-47(27-32)50-42-21-11-8-18-35(42)38-28-43-37(29-44(38)50)34-17-7-10-20-41(34)49(43)33-15-5-2-6-16-33/h1-29H. The quantitative estimate of drug-likeness (QED) is 0.183. The summed E-state index contributed by atoms with van der Waals surface area (Å²) in [6, 6.07) is 63.6. The van der Waals surface area contributed by atoms with Gasteiger partial charge in [0.15, 0.2) is 0 Å². The third-order valence-corrected chi connectivity index (χ3v) is 11.5. The van der Waals surface area contributed by atoms with Gasteiger partial charge in [0.05, 0.1) is 27.8 Å². The van der Waals surface area contributed by atoms with Crippen LogP contribution in [0.4, 0.5) is 0 Å². The third-order valence-electron chi connectivity index (χ3n) is 10.3. The largest absolute Gasteiger partial charge is 0.309 e. The molecule has 0 fully saturated rings. The van der Waals surface area contributed by atoms with Crippen LogP contribution < -0.4 is 0 Å². The molecule has 0 unspecified atom stereocenters. The molecule has 0 amide bonds. The average molecular weight is 668 g/mol. The van der Waals surface area contributed by atoms with Crippen LogP contribution in [0.25, 0.3) is 97.7 Å². The van der Waals surface area contributed by atoms with Crippen LogP contribution in [0.5, 0.6) is 0 Å². The summed E-state index contributed by atoms with van der Waals surface area (Å²) in [4.78, 5) is 5.50. The number of hydrogen-bond donors (Lipinski definition) is 0. The fourth-order valence-electron chi connectivity index (χ4n) is 7.99. The van der Waals surface area contributed by atoms with E-state index in [-0.39, 0.29) is 0 Å². The van der Waals surface area contributed by atoms with E-state index in [0.717, 1.165) is 39.4 Å². The highest BCUT2D eigenvalue weighted by Crippen LogP contribution is 2.41. The summed E-state index contributed by atoms with van der Waals surface area (Å²) < 4.78 is 7.36. The summed E-state index contributed by atoms with van der Waals surface area (Å²) in [7, 11) is 0. The molecule has 4 heterocycles. The number of aromatic nitrogens is 3. The predicted molar refractivity (Wildman–Crippen MR) is 217 cm³/mol. The monoisotopic (exact) mass is 667 g/mol. The minimum absolute atomic E-state index is 0.902. The maximum absolute atomic E-state index is 5.50. The molecule has 3 nitrogen and oxygen atoms in total. The van der Waals surface area contributed by atoms with E-state index in [9.17, 15) is 0 Å². The van der Waals surface area contributed by atoms with Gasteiger partial charge in [0.25, 0.3) is 0 Å². The van der Waals surface area contributed by atoms with Gasteiger partial charge in [-0.3, -0.25) is 4.57 Å². The van der Waals surface area contributed by atoms with Crippen molar-refractivity contribution >= 4 is 75.1 Å². The van der Waals surface area contributed by atoms with Crippen LogP contribution in [-0.2, 0) is 0 Å². The van der Waals surface area contributed by atoms with Crippen LogP contribution in [0.3, 0.4) is 0 Å². The van der Waals surface area contributed by atoms with Crippen molar-refractivity contribution in [2.75, 3.05) is 0 Å². The summed E-state index contributed by atoms with van der Waals surface area (Å²) in [6.45, 7) is 0. The molecule has 0 radical (unpaired) electrons. The van der Waals surface area contributed by atoms with Crippen molar-refractivity contribution < 1.29 is 0 Å². The van der Waals surface area contributed by atoms with Crippen LogP contribution >= 0.6 is 11.3 Å². The Hall–Kier alpha value is -6.49. The van der Waals surface area contributed by atoms with E-state index in [4.69, 9.17) is 4.98 Å². The fraction of sp³-hybridized carbons (Fsp3) is 0. The van der Waals surface area contributed by atoms with Crippen LogP contribution in [0.1, 0.15) is 0 Å². The Balaban J connectivity index is 1.22. The molecule has 0 aliphatic carbocycles. The first-order valence-electron chi connectivity index (χ1n) is 17.3. The normalized spacial score (nSPS) is 11.9. The van der Waals surface area contributed by atoms with Crippen LogP contribution in [-0.4, -0.2) is 14.1 Å². The average Bonchev–Trinajstić information content (AvgIpc) is 3.84. The number of fused-ring (bicyclic) bond motifs is 9. The Bertz CT molecular complexity index is 3130. The molecule has 11 rings (SSSR count). The Kier molecular flexibility index (Phi) is 6.12. The molecule has 4 heteroatoms. The van der Waals surface area contributed by atoms with Gasteiger partial charge >= 0.3 is 0 Å². The second-order valence-corrected chi connectivity index (χ2v) is 14.3. The van der Waals surface area contributed by atoms with Crippen molar-refractivity contribution in [2.24, 2.45) is 0 Å². The van der Waals surface area contributed by atoms with Gasteiger partial charge < -0.3 is 4.57 Å². The van der Waals surface area contributed by atoms with Gasteiger partial charge in [0, 0.05) is 53.0 Å². The van der Waals surface area contributed by atoms with Gasteiger partial charge in [0.2, 0.25) is 0 Å². The van der Waals surface area contributed by atoms with Crippen molar-refractivity contribution in [1.29, 1.82) is 0 Å². The van der Waals surface area contributed by atoms with E-state index >= 15 is 0 Å². The van der Waals surface area contributed by atoms with Crippen LogP contribution in [0.15, 0.2) is 176 Å². The van der Waals surface area contributed by atoms with Crippen molar-refractivity contribution in [3.63, 3.8) is 0 Å². The second kappa shape index (κ2) is 11.0. The molecule has 51 heavy (non-hydrogen) atoms. The summed E-state index contributed by atoms with van der Waals surface area (Å²) >= 11 is 1.85. The van der Waals surface area contributed by atoms with Gasteiger partial charge in [-0.2, -0.15) is 0 Å². The minimum Gasteiger partial charge on any atom is -0.309 e.